The van der Waals surface area contributed by atoms with E-state index in [1.807, 2.05) is 17.5 Å². The average molecular weight is 210 g/mol. The van der Waals surface area contributed by atoms with Gasteiger partial charge in [-0.25, -0.2) is 0 Å². The molecule has 1 aliphatic heterocycles. The summed E-state index contributed by atoms with van der Waals surface area (Å²) in [5, 5.41) is 5.26. The van der Waals surface area contributed by atoms with Crippen LogP contribution in [0.25, 0.3) is 0 Å². The van der Waals surface area contributed by atoms with Gasteiger partial charge in [-0.15, -0.1) is 11.3 Å². The van der Waals surface area contributed by atoms with Crippen molar-refractivity contribution in [3.8, 4) is 0 Å². The molecule has 0 aromatic carbocycles. The molecule has 1 amide bonds. The number of carbonyl (C=O) groups excluding carboxylic acids is 1. The molecule has 1 fully saturated rings. The van der Waals surface area contributed by atoms with Crippen molar-refractivity contribution in [3.63, 3.8) is 0 Å². The van der Waals surface area contributed by atoms with Crippen LogP contribution >= 0.6 is 11.3 Å². The molecule has 0 bridgehead atoms. The molecule has 1 aliphatic rings. The van der Waals surface area contributed by atoms with Gasteiger partial charge in [0, 0.05) is 4.88 Å². The van der Waals surface area contributed by atoms with Gasteiger partial charge in [-0.3, -0.25) is 4.79 Å². The maximum Gasteiger partial charge on any atom is 0.229 e. The average Bonchev–Trinajstić information content (AvgIpc) is 2.72. The smallest absolute Gasteiger partial charge is 0.229 e. The summed E-state index contributed by atoms with van der Waals surface area (Å²) in [5.41, 5.74) is 5.13. The third-order valence-corrected chi connectivity index (χ3v) is 4.00. The Bertz CT molecular complexity index is 315. The molecule has 2 heterocycles. The number of carbonyl (C=O) groups is 1. The Hall–Kier alpha value is -0.870. The Kier molecular flexibility index (Phi) is 2.56. The lowest BCUT2D eigenvalue weighted by molar-refractivity contribution is -0.124. The van der Waals surface area contributed by atoms with Crippen LogP contribution < -0.4 is 11.1 Å². The van der Waals surface area contributed by atoms with Gasteiger partial charge in [0.1, 0.15) is 0 Å². The fraction of sp³-hybridized carbons (Fsp3) is 0.500. The van der Waals surface area contributed by atoms with Gasteiger partial charge in [0.2, 0.25) is 5.91 Å². The molecule has 0 aliphatic carbocycles. The second-order valence-corrected chi connectivity index (χ2v) is 4.62. The van der Waals surface area contributed by atoms with Crippen molar-refractivity contribution in [2.24, 2.45) is 5.73 Å². The van der Waals surface area contributed by atoms with Crippen LogP contribution in [0.1, 0.15) is 17.7 Å². The highest BCUT2D eigenvalue weighted by Crippen LogP contribution is 2.35. The van der Waals surface area contributed by atoms with Crippen LogP contribution in [0.4, 0.5) is 0 Å². The van der Waals surface area contributed by atoms with E-state index in [4.69, 9.17) is 5.73 Å². The normalized spacial score (nSPS) is 20.6. The molecular formula is C10H14N2OS. The summed E-state index contributed by atoms with van der Waals surface area (Å²) in [6.45, 7) is 1.75. The number of amides is 1. The quantitative estimate of drug-likeness (QED) is 0.760. The molecule has 1 aromatic rings. The fourth-order valence-electron chi connectivity index (χ4n) is 2.02. The minimum atomic E-state index is -0.403. The summed E-state index contributed by atoms with van der Waals surface area (Å²) in [7, 11) is 0. The van der Waals surface area contributed by atoms with E-state index in [9.17, 15) is 4.79 Å². The second-order valence-electron chi connectivity index (χ2n) is 3.67. The van der Waals surface area contributed by atoms with Crippen molar-refractivity contribution in [2.45, 2.75) is 18.3 Å². The minimum absolute atomic E-state index is 0.179. The van der Waals surface area contributed by atoms with E-state index >= 15 is 0 Å². The van der Waals surface area contributed by atoms with Crippen LogP contribution in [0, 0.1) is 0 Å². The van der Waals surface area contributed by atoms with Gasteiger partial charge in [-0.1, -0.05) is 6.07 Å². The zero-order chi connectivity index (χ0) is 10.0. The van der Waals surface area contributed by atoms with Crippen LogP contribution in [0.2, 0.25) is 0 Å². The molecule has 3 N–H and O–H groups in total. The first kappa shape index (κ1) is 9.68. The Balaban J connectivity index is 2.35. The van der Waals surface area contributed by atoms with Crippen molar-refractivity contribution < 1.29 is 4.79 Å². The van der Waals surface area contributed by atoms with E-state index in [1.165, 1.54) is 0 Å². The molecule has 0 saturated carbocycles. The van der Waals surface area contributed by atoms with E-state index in [2.05, 4.69) is 5.32 Å². The third-order valence-electron chi connectivity index (χ3n) is 2.92. The summed E-state index contributed by atoms with van der Waals surface area (Å²) in [6.07, 6.45) is 1.64. The molecule has 0 spiro atoms. The molecule has 4 heteroatoms. The van der Waals surface area contributed by atoms with Crippen LogP contribution in [-0.2, 0) is 10.2 Å². The summed E-state index contributed by atoms with van der Waals surface area (Å²) in [4.78, 5) is 12.7. The number of piperidine rings is 1. The van der Waals surface area contributed by atoms with E-state index in [0.29, 0.717) is 0 Å². The molecule has 0 radical (unpaired) electrons. The summed E-state index contributed by atoms with van der Waals surface area (Å²) >= 11 is 1.63. The molecule has 1 saturated heterocycles. The van der Waals surface area contributed by atoms with E-state index in [-0.39, 0.29) is 5.91 Å². The lowest BCUT2D eigenvalue weighted by Crippen LogP contribution is -2.48. The predicted octanol–water partition coefficient (Wildman–Crippen LogP) is 0.855. The summed E-state index contributed by atoms with van der Waals surface area (Å²) < 4.78 is 0. The number of hydrogen-bond donors (Lipinski definition) is 2. The van der Waals surface area contributed by atoms with Crippen molar-refractivity contribution in [2.75, 3.05) is 13.1 Å². The largest absolute Gasteiger partial charge is 0.369 e. The van der Waals surface area contributed by atoms with Crippen molar-refractivity contribution in [1.29, 1.82) is 0 Å². The monoisotopic (exact) mass is 210 g/mol. The van der Waals surface area contributed by atoms with Gasteiger partial charge < -0.3 is 11.1 Å². The van der Waals surface area contributed by atoms with Gasteiger partial charge in [-0.05, 0) is 37.4 Å². The van der Waals surface area contributed by atoms with Crippen LogP contribution in [0.3, 0.4) is 0 Å². The first-order valence-corrected chi connectivity index (χ1v) is 5.68. The Morgan fingerprint density at radius 2 is 2.21 bits per heavy atom. The molecule has 3 nitrogen and oxygen atoms in total. The van der Waals surface area contributed by atoms with Gasteiger partial charge in [-0.2, -0.15) is 0 Å². The molecular weight excluding hydrogens is 196 g/mol. The third kappa shape index (κ3) is 1.44. The van der Waals surface area contributed by atoms with Crippen LogP contribution in [0.5, 0.6) is 0 Å². The van der Waals surface area contributed by atoms with Crippen molar-refractivity contribution in [3.05, 3.63) is 22.4 Å². The molecule has 0 atom stereocenters. The number of nitrogens with two attached hydrogens (primary N) is 1. The maximum atomic E-state index is 11.6. The summed E-state index contributed by atoms with van der Waals surface area (Å²) in [6, 6.07) is 3.99. The number of nitrogens with one attached hydrogen (secondary N) is 1. The lowest BCUT2D eigenvalue weighted by atomic mass is 9.77. The number of rotatable bonds is 2. The molecule has 2 rings (SSSR count). The van der Waals surface area contributed by atoms with Crippen LogP contribution in [0.15, 0.2) is 17.5 Å². The Morgan fingerprint density at radius 3 is 2.71 bits per heavy atom. The molecule has 76 valence electrons. The SMILES string of the molecule is NC(=O)C1(c2cccs2)CCNCC1. The van der Waals surface area contributed by atoms with Gasteiger partial charge >= 0.3 is 0 Å². The maximum absolute atomic E-state index is 11.6. The highest BCUT2D eigenvalue weighted by molar-refractivity contribution is 7.10. The van der Waals surface area contributed by atoms with E-state index < -0.39 is 5.41 Å². The fourth-order valence-corrected chi connectivity index (χ4v) is 3.01. The Morgan fingerprint density at radius 1 is 1.50 bits per heavy atom. The highest BCUT2D eigenvalue weighted by Gasteiger charge is 2.40. The van der Waals surface area contributed by atoms with Gasteiger partial charge in [0.05, 0.1) is 5.41 Å². The molecule has 14 heavy (non-hydrogen) atoms. The van der Waals surface area contributed by atoms with Gasteiger partial charge in [0.25, 0.3) is 0 Å². The zero-order valence-electron chi connectivity index (χ0n) is 7.95. The van der Waals surface area contributed by atoms with Crippen molar-refractivity contribution in [1.82, 2.24) is 5.32 Å². The topological polar surface area (TPSA) is 55.1 Å². The van der Waals surface area contributed by atoms with E-state index in [0.717, 1.165) is 30.8 Å². The molecule has 1 aromatic heterocycles. The number of primary amides is 1. The first-order valence-electron chi connectivity index (χ1n) is 4.80. The second kappa shape index (κ2) is 3.71. The minimum Gasteiger partial charge on any atom is -0.369 e. The van der Waals surface area contributed by atoms with Crippen molar-refractivity contribution >= 4 is 17.2 Å². The first-order chi connectivity index (χ1) is 6.76. The standard InChI is InChI=1S/C10H14N2OS/c11-9(13)10(3-5-12-6-4-10)8-2-1-7-14-8/h1-2,7,12H,3-6H2,(H2,11,13). The highest BCUT2D eigenvalue weighted by atomic mass is 32.1. The van der Waals surface area contributed by atoms with Gasteiger partial charge in [0.15, 0.2) is 0 Å². The summed E-state index contributed by atoms with van der Waals surface area (Å²) in [5.74, 6) is -0.179. The molecule has 0 unspecified atom stereocenters. The lowest BCUT2D eigenvalue weighted by Gasteiger charge is -2.33. The van der Waals surface area contributed by atoms with E-state index in [1.54, 1.807) is 11.3 Å². The number of thiophene rings is 1. The van der Waals surface area contributed by atoms with Crippen LogP contribution in [-0.4, -0.2) is 19.0 Å². The number of hydrogen-bond acceptors (Lipinski definition) is 3. The Labute approximate surface area is 87.3 Å². The zero-order valence-corrected chi connectivity index (χ0v) is 8.77. The predicted molar refractivity (Wildman–Crippen MR) is 57.3 cm³/mol.